The van der Waals surface area contributed by atoms with Crippen molar-refractivity contribution in [1.82, 2.24) is 19.7 Å². The summed E-state index contributed by atoms with van der Waals surface area (Å²) < 4.78 is 6.58. The van der Waals surface area contributed by atoms with Crippen molar-refractivity contribution in [3.63, 3.8) is 0 Å². The fourth-order valence-electron chi connectivity index (χ4n) is 3.29. The molecule has 0 spiro atoms. The molecule has 5 rings (SSSR count). The summed E-state index contributed by atoms with van der Waals surface area (Å²) in [5.74, 6) is -0.222. The molecule has 0 bridgehead atoms. The van der Waals surface area contributed by atoms with Crippen LogP contribution in [0.3, 0.4) is 0 Å². The number of fused-ring (bicyclic) bond motifs is 1. The van der Waals surface area contributed by atoms with E-state index in [1.165, 1.54) is 0 Å². The lowest BCUT2D eigenvalue weighted by atomic mass is 10.0. The molecular weight excluding hydrogens is 366 g/mol. The van der Waals surface area contributed by atoms with E-state index >= 15 is 0 Å². The van der Waals surface area contributed by atoms with Crippen molar-refractivity contribution in [2.24, 2.45) is 0 Å². The topological polar surface area (TPSA) is 100 Å². The number of aromatic amines is 1. The maximum Gasteiger partial charge on any atom is 0.439 e. The van der Waals surface area contributed by atoms with E-state index in [9.17, 15) is 4.79 Å². The van der Waals surface area contributed by atoms with Gasteiger partial charge in [-0.1, -0.05) is 29.4 Å². The molecule has 0 saturated carbocycles. The van der Waals surface area contributed by atoms with Gasteiger partial charge in [-0.3, -0.25) is 14.1 Å². The number of nitriles is 1. The van der Waals surface area contributed by atoms with Crippen LogP contribution < -0.4 is 5.76 Å². The Bertz CT molecular complexity index is 1430. The Morgan fingerprint density at radius 1 is 0.966 bits per heavy atom. The Morgan fingerprint density at radius 2 is 1.79 bits per heavy atom. The van der Waals surface area contributed by atoms with Crippen molar-refractivity contribution in [2.75, 3.05) is 0 Å². The van der Waals surface area contributed by atoms with Crippen LogP contribution in [0.2, 0.25) is 0 Å². The molecule has 29 heavy (non-hydrogen) atoms. The molecule has 1 N–H and O–H groups in total. The first-order chi connectivity index (χ1) is 14.2. The van der Waals surface area contributed by atoms with Crippen molar-refractivity contribution in [2.45, 2.75) is 0 Å². The summed E-state index contributed by atoms with van der Waals surface area (Å²) in [7, 11) is 0. The Kier molecular flexibility index (Phi) is 3.82. The molecule has 5 aromatic rings. The standard InChI is InChI=1S/C22H13N5O2/c23-12-14-4-6-15(7-5-14)16-2-1-3-18(10-16)27-13-24-19-9-8-17(11-20(19)27)21-25-22(28)29-26-21/h1-11,13H,(H,25,26,28). The molecule has 0 fully saturated rings. The number of imidazole rings is 1. The molecule has 7 heteroatoms. The van der Waals surface area contributed by atoms with Gasteiger partial charge in [0.2, 0.25) is 0 Å². The van der Waals surface area contributed by atoms with Crippen molar-refractivity contribution >= 4 is 11.0 Å². The summed E-state index contributed by atoms with van der Waals surface area (Å²) in [6.45, 7) is 0. The average molecular weight is 379 g/mol. The number of nitrogens with zero attached hydrogens (tertiary/aromatic N) is 4. The van der Waals surface area contributed by atoms with Crippen LogP contribution in [0.15, 0.2) is 82.4 Å². The van der Waals surface area contributed by atoms with E-state index in [0.717, 1.165) is 33.4 Å². The predicted octanol–water partition coefficient (Wildman–Crippen LogP) is 3.91. The van der Waals surface area contributed by atoms with Gasteiger partial charge in [0.25, 0.3) is 0 Å². The van der Waals surface area contributed by atoms with Crippen molar-refractivity contribution in [1.29, 1.82) is 5.26 Å². The highest BCUT2D eigenvalue weighted by atomic mass is 16.5. The second kappa shape index (κ2) is 6.62. The lowest BCUT2D eigenvalue weighted by Crippen LogP contribution is -1.95. The molecule has 2 aromatic heterocycles. The molecule has 0 radical (unpaired) electrons. The number of hydrogen-bond donors (Lipinski definition) is 1. The molecule has 0 aliphatic heterocycles. The third-order valence-electron chi connectivity index (χ3n) is 4.73. The highest BCUT2D eigenvalue weighted by Gasteiger charge is 2.10. The molecule has 0 amide bonds. The van der Waals surface area contributed by atoms with E-state index in [4.69, 9.17) is 5.26 Å². The number of rotatable bonds is 3. The molecule has 0 aliphatic carbocycles. The zero-order chi connectivity index (χ0) is 19.8. The smallest absolute Gasteiger partial charge is 0.299 e. The normalized spacial score (nSPS) is 10.9. The van der Waals surface area contributed by atoms with Crippen molar-refractivity contribution < 1.29 is 4.52 Å². The summed E-state index contributed by atoms with van der Waals surface area (Å²) in [6.07, 6.45) is 1.76. The minimum Gasteiger partial charge on any atom is -0.299 e. The Morgan fingerprint density at radius 3 is 2.55 bits per heavy atom. The largest absolute Gasteiger partial charge is 0.439 e. The molecule has 0 saturated heterocycles. The van der Waals surface area contributed by atoms with Gasteiger partial charge in [0.15, 0.2) is 5.82 Å². The van der Waals surface area contributed by atoms with Crippen LogP contribution in [0.4, 0.5) is 0 Å². The molecule has 2 heterocycles. The average Bonchev–Trinajstić information content (AvgIpc) is 3.39. The van der Waals surface area contributed by atoms with Gasteiger partial charge in [-0.15, -0.1) is 0 Å². The zero-order valence-corrected chi connectivity index (χ0v) is 15.0. The third kappa shape index (κ3) is 2.99. The van der Waals surface area contributed by atoms with E-state index in [0.29, 0.717) is 11.4 Å². The molecule has 7 nitrogen and oxygen atoms in total. The van der Waals surface area contributed by atoms with Gasteiger partial charge in [0.05, 0.1) is 22.7 Å². The summed E-state index contributed by atoms with van der Waals surface area (Å²) in [4.78, 5) is 18.3. The van der Waals surface area contributed by atoms with Crippen LogP contribution >= 0.6 is 0 Å². The van der Waals surface area contributed by atoms with Gasteiger partial charge in [-0.05, 0) is 53.6 Å². The zero-order valence-electron chi connectivity index (χ0n) is 15.0. The monoisotopic (exact) mass is 379 g/mol. The van der Waals surface area contributed by atoms with Crippen LogP contribution in [0, 0.1) is 11.3 Å². The maximum atomic E-state index is 11.3. The van der Waals surface area contributed by atoms with E-state index in [2.05, 4.69) is 31.8 Å². The number of nitrogens with one attached hydrogen (secondary N) is 1. The molecule has 0 aliphatic rings. The molecular formula is C22H13N5O2. The second-order valence-electron chi connectivity index (χ2n) is 6.50. The number of benzene rings is 3. The highest BCUT2D eigenvalue weighted by molar-refractivity contribution is 5.82. The molecule has 0 unspecified atom stereocenters. The van der Waals surface area contributed by atoms with Crippen LogP contribution in [0.25, 0.3) is 39.2 Å². The lowest BCUT2D eigenvalue weighted by molar-refractivity contribution is 0.388. The fourth-order valence-corrected chi connectivity index (χ4v) is 3.29. The van der Waals surface area contributed by atoms with Gasteiger partial charge in [0.1, 0.15) is 6.33 Å². The van der Waals surface area contributed by atoms with E-state index in [1.54, 1.807) is 18.5 Å². The van der Waals surface area contributed by atoms with Crippen LogP contribution in [0.1, 0.15) is 5.56 Å². The first-order valence-corrected chi connectivity index (χ1v) is 8.86. The quantitative estimate of drug-likeness (QED) is 0.512. The lowest BCUT2D eigenvalue weighted by Gasteiger charge is -2.08. The molecule has 0 atom stereocenters. The number of aromatic nitrogens is 4. The summed E-state index contributed by atoms with van der Waals surface area (Å²) in [5, 5.41) is 12.7. The Hall–Kier alpha value is -4.44. The summed E-state index contributed by atoms with van der Waals surface area (Å²) in [5.41, 5.74) is 6.06. The van der Waals surface area contributed by atoms with Gasteiger partial charge in [-0.2, -0.15) is 5.26 Å². The van der Waals surface area contributed by atoms with Crippen LogP contribution in [-0.2, 0) is 0 Å². The van der Waals surface area contributed by atoms with Gasteiger partial charge in [-0.25, -0.2) is 9.78 Å². The SMILES string of the molecule is N#Cc1ccc(-c2cccc(-n3cnc4ccc(-c5noc(=O)[nH]5)cc43)c2)cc1. The first kappa shape index (κ1) is 16.7. The highest BCUT2D eigenvalue weighted by Crippen LogP contribution is 2.26. The Labute approximate surface area is 164 Å². The number of H-pyrrole nitrogens is 1. The van der Waals surface area contributed by atoms with Crippen molar-refractivity contribution in [3.8, 4) is 34.3 Å². The molecule has 3 aromatic carbocycles. The van der Waals surface area contributed by atoms with Crippen molar-refractivity contribution in [3.05, 3.63) is 89.2 Å². The first-order valence-electron chi connectivity index (χ1n) is 8.86. The van der Waals surface area contributed by atoms with E-state index < -0.39 is 5.76 Å². The van der Waals surface area contributed by atoms with E-state index in [-0.39, 0.29) is 0 Å². The maximum absolute atomic E-state index is 11.3. The fraction of sp³-hybridized carbons (Fsp3) is 0. The van der Waals surface area contributed by atoms with Gasteiger partial charge in [0, 0.05) is 11.3 Å². The minimum absolute atomic E-state index is 0.371. The predicted molar refractivity (Wildman–Crippen MR) is 107 cm³/mol. The second-order valence-corrected chi connectivity index (χ2v) is 6.50. The Balaban J connectivity index is 1.60. The van der Waals surface area contributed by atoms with Crippen LogP contribution in [0.5, 0.6) is 0 Å². The number of hydrogen-bond acceptors (Lipinski definition) is 5. The van der Waals surface area contributed by atoms with Gasteiger partial charge < -0.3 is 0 Å². The van der Waals surface area contributed by atoms with Crippen LogP contribution in [-0.4, -0.2) is 19.7 Å². The van der Waals surface area contributed by atoms with E-state index in [1.807, 2.05) is 53.1 Å². The van der Waals surface area contributed by atoms with Gasteiger partial charge >= 0.3 is 5.76 Å². The summed E-state index contributed by atoms with van der Waals surface area (Å²) >= 11 is 0. The third-order valence-corrected chi connectivity index (χ3v) is 4.73. The summed E-state index contributed by atoms with van der Waals surface area (Å²) in [6, 6.07) is 23.3. The minimum atomic E-state index is -0.594. The molecule has 138 valence electrons.